The van der Waals surface area contributed by atoms with E-state index < -0.39 is 17.7 Å². The van der Waals surface area contributed by atoms with Crippen LogP contribution in [0.5, 0.6) is 0 Å². The van der Waals surface area contributed by atoms with Crippen LogP contribution in [0.4, 0.5) is 9.18 Å². The van der Waals surface area contributed by atoms with Crippen LogP contribution < -0.4 is 5.32 Å². The number of hydrogen-bond acceptors (Lipinski definition) is 4. The number of likely N-dealkylation sites (tertiary alicyclic amines) is 1. The second-order valence-electron chi connectivity index (χ2n) is 12.3. The van der Waals surface area contributed by atoms with E-state index in [1.165, 1.54) is 6.07 Å². The molecule has 0 bridgehead atoms. The number of methoxy groups -OCH3 is 1. The van der Waals surface area contributed by atoms with Gasteiger partial charge in [-0.25, -0.2) is 9.18 Å². The summed E-state index contributed by atoms with van der Waals surface area (Å²) in [5.74, 6) is -0.310. The van der Waals surface area contributed by atoms with Crippen molar-refractivity contribution in [1.29, 1.82) is 0 Å². The van der Waals surface area contributed by atoms with Gasteiger partial charge in [-0.15, -0.1) is 0 Å². The van der Waals surface area contributed by atoms with Gasteiger partial charge in [-0.3, -0.25) is 4.79 Å². The van der Waals surface area contributed by atoms with E-state index in [9.17, 15) is 9.59 Å². The van der Waals surface area contributed by atoms with Gasteiger partial charge in [0.1, 0.15) is 11.4 Å². The van der Waals surface area contributed by atoms with Gasteiger partial charge in [-0.1, -0.05) is 39.7 Å². The van der Waals surface area contributed by atoms with Crippen molar-refractivity contribution < 1.29 is 23.5 Å². The minimum absolute atomic E-state index is 0.0202. The van der Waals surface area contributed by atoms with Gasteiger partial charge in [0.15, 0.2) is 0 Å². The number of nitrogens with one attached hydrogen (secondary N) is 1. The molecule has 2 atom stereocenters. The number of piperidine rings is 1. The summed E-state index contributed by atoms with van der Waals surface area (Å²) in [6.07, 6.45) is 2.53. The maximum atomic E-state index is 15.1. The van der Waals surface area contributed by atoms with Crippen LogP contribution in [-0.4, -0.2) is 59.9 Å². The molecule has 1 aliphatic heterocycles. The normalized spacial score (nSPS) is 16.4. The predicted molar refractivity (Wildman–Crippen MR) is 172 cm³/mol. The minimum Gasteiger partial charge on any atom is -0.444 e. The third-order valence-corrected chi connectivity index (χ3v) is 8.66. The zero-order valence-corrected chi connectivity index (χ0v) is 28.0. The molecular weight excluding hydrogens is 637 g/mol. The van der Waals surface area contributed by atoms with Gasteiger partial charge in [-0.2, -0.15) is 0 Å². The Morgan fingerprint density at radius 2 is 1.91 bits per heavy atom. The summed E-state index contributed by atoms with van der Waals surface area (Å²) in [6.45, 7) is 9.73. The van der Waals surface area contributed by atoms with E-state index >= 15 is 4.39 Å². The summed E-state index contributed by atoms with van der Waals surface area (Å²) >= 11 is 10.1. The van der Waals surface area contributed by atoms with E-state index in [-0.39, 0.29) is 24.1 Å². The molecule has 2 aromatic carbocycles. The topological polar surface area (TPSA) is 72.8 Å². The summed E-state index contributed by atoms with van der Waals surface area (Å²) in [4.78, 5) is 28.4. The fraction of sp³-hybridized carbons (Fsp3) is 0.515. The Morgan fingerprint density at radius 3 is 2.58 bits per heavy atom. The molecule has 10 heteroatoms. The summed E-state index contributed by atoms with van der Waals surface area (Å²) in [6, 6.07) is 10.4. The number of rotatable bonds is 10. The van der Waals surface area contributed by atoms with E-state index in [0.29, 0.717) is 48.6 Å². The number of aryl methyl sites for hydroxylation is 2. The SMILES string of the molecule is COCCCn1c(C2CCCN(C(=O)C[C@@H](Cc3ccc(Br)cc3)NC(=O)OC(C)(C)C)C2)c(C)c2c(F)ccc(Cl)c21. The molecule has 1 unspecified atom stereocenters. The van der Waals surface area contributed by atoms with Gasteiger partial charge in [0, 0.05) is 67.3 Å². The highest BCUT2D eigenvalue weighted by Gasteiger charge is 2.32. The maximum Gasteiger partial charge on any atom is 0.407 e. The summed E-state index contributed by atoms with van der Waals surface area (Å²) in [5, 5.41) is 3.99. The van der Waals surface area contributed by atoms with Crippen LogP contribution in [0.3, 0.4) is 0 Å². The average molecular weight is 679 g/mol. The number of aromatic nitrogens is 1. The highest BCUT2D eigenvalue weighted by atomic mass is 79.9. The number of hydrogen-bond donors (Lipinski definition) is 1. The smallest absolute Gasteiger partial charge is 0.407 e. The molecule has 3 aromatic rings. The number of amides is 2. The Morgan fingerprint density at radius 1 is 1.19 bits per heavy atom. The summed E-state index contributed by atoms with van der Waals surface area (Å²) in [5.41, 5.74) is 2.94. The van der Waals surface area contributed by atoms with Crippen molar-refractivity contribution in [1.82, 2.24) is 14.8 Å². The second kappa shape index (κ2) is 14.4. The number of halogens is 3. The number of carbonyl (C=O) groups is 2. The molecule has 0 saturated carbocycles. The monoisotopic (exact) mass is 677 g/mol. The third kappa shape index (κ3) is 8.52. The van der Waals surface area contributed by atoms with Crippen molar-refractivity contribution in [2.75, 3.05) is 26.8 Å². The van der Waals surface area contributed by atoms with Gasteiger partial charge in [0.2, 0.25) is 5.91 Å². The minimum atomic E-state index is -0.654. The zero-order valence-electron chi connectivity index (χ0n) is 25.6. The third-order valence-electron chi connectivity index (χ3n) is 7.83. The van der Waals surface area contributed by atoms with Gasteiger partial charge < -0.3 is 24.3 Å². The molecule has 7 nitrogen and oxygen atoms in total. The summed E-state index contributed by atoms with van der Waals surface area (Å²) in [7, 11) is 1.67. The van der Waals surface area contributed by atoms with Crippen molar-refractivity contribution in [2.45, 2.75) is 83.9 Å². The largest absolute Gasteiger partial charge is 0.444 e. The first-order valence-corrected chi connectivity index (χ1v) is 16.0. The maximum absolute atomic E-state index is 15.1. The predicted octanol–water partition coefficient (Wildman–Crippen LogP) is 7.77. The number of carbonyl (C=O) groups excluding carboxylic acids is 2. The lowest BCUT2D eigenvalue weighted by atomic mass is 9.91. The number of benzene rings is 2. The highest BCUT2D eigenvalue weighted by Crippen LogP contribution is 2.39. The lowest BCUT2D eigenvalue weighted by Gasteiger charge is -2.35. The van der Waals surface area contributed by atoms with Gasteiger partial charge in [0.05, 0.1) is 10.5 Å². The number of alkyl carbamates (subject to hydrolysis) is 1. The van der Waals surface area contributed by atoms with E-state index in [2.05, 4.69) is 25.8 Å². The van der Waals surface area contributed by atoms with Crippen LogP contribution in [0.2, 0.25) is 5.02 Å². The van der Waals surface area contributed by atoms with Crippen molar-refractivity contribution in [2.24, 2.45) is 0 Å². The second-order valence-corrected chi connectivity index (χ2v) is 13.6. The molecule has 0 radical (unpaired) electrons. The van der Waals surface area contributed by atoms with E-state index in [0.717, 1.165) is 40.6 Å². The molecule has 1 fully saturated rings. The first-order valence-electron chi connectivity index (χ1n) is 14.8. The first-order chi connectivity index (χ1) is 20.4. The molecule has 1 saturated heterocycles. The quantitative estimate of drug-likeness (QED) is 0.223. The van der Waals surface area contributed by atoms with E-state index in [1.54, 1.807) is 13.2 Å². The first kappa shape index (κ1) is 33.3. The molecule has 1 N–H and O–H groups in total. The van der Waals surface area contributed by atoms with Gasteiger partial charge in [0.25, 0.3) is 0 Å². The fourth-order valence-electron chi connectivity index (χ4n) is 6.06. The molecule has 43 heavy (non-hydrogen) atoms. The number of nitrogens with zero attached hydrogens (tertiary/aromatic N) is 2. The average Bonchev–Trinajstić information content (AvgIpc) is 3.24. The fourth-order valence-corrected chi connectivity index (χ4v) is 6.58. The highest BCUT2D eigenvalue weighted by molar-refractivity contribution is 9.10. The molecule has 0 aliphatic carbocycles. The van der Waals surface area contributed by atoms with Crippen molar-refractivity contribution in [3.63, 3.8) is 0 Å². The van der Waals surface area contributed by atoms with Crippen molar-refractivity contribution >= 4 is 50.4 Å². The zero-order chi connectivity index (χ0) is 31.3. The van der Waals surface area contributed by atoms with Crippen LogP contribution in [0.15, 0.2) is 40.9 Å². The van der Waals surface area contributed by atoms with Gasteiger partial charge in [-0.05, 0) is 88.8 Å². The van der Waals surface area contributed by atoms with E-state index in [4.69, 9.17) is 21.1 Å². The standard InChI is InChI=1S/C33H42BrClFN3O4/c1-21-29-27(36)14-13-26(35)31(29)39(16-7-17-42-5)30(21)23-8-6-15-38(20-23)28(40)19-25(37-32(41)43-33(2,3)4)18-22-9-11-24(34)12-10-22/h9-14,23,25H,6-8,15-20H2,1-5H3,(H,37,41)/t23?,25-/m1/s1. The van der Waals surface area contributed by atoms with Crippen LogP contribution in [0, 0.1) is 12.7 Å². The Hall–Kier alpha value is -2.62. The Bertz CT molecular complexity index is 1440. The van der Waals surface area contributed by atoms with Crippen molar-refractivity contribution in [3.8, 4) is 0 Å². The van der Waals surface area contributed by atoms with Crippen LogP contribution in [-0.2, 0) is 27.2 Å². The molecule has 4 rings (SSSR count). The van der Waals surface area contributed by atoms with Crippen LogP contribution in [0.25, 0.3) is 10.9 Å². The molecule has 2 amide bonds. The molecule has 2 heterocycles. The Labute approximate surface area is 267 Å². The Balaban J connectivity index is 1.57. The molecular formula is C33H42BrClFN3O4. The summed E-state index contributed by atoms with van der Waals surface area (Å²) < 4.78 is 29.0. The lowest BCUT2D eigenvalue weighted by molar-refractivity contribution is -0.132. The van der Waals surface area contributed by atoms with Gasteiger partial charge >= 0.3 is 6.09 Å². The van der Waals surface area contributed by atoms with Crippen molar-refractivity contribution in [3.05, 3.63) is 68.5 Å². The molecule has 1 aliphatic rings. The number of ether oxygens (including phenoxy) is 2. The Kier molecular flexibility index (Phi) is 11.2. The van der Waals surface area contributed by atoms with Crippen LogP contribution in [0.1, 0.15) is 69.2 Å². The molecule has 234 valence electrons. The lowest BCUT2D eigenvalue weighted by Crippen LogP contribution is -2.46. The van der Waals surface area contributed by atoms with Crippen LogP contribution >= 0.6 is 27.5 Å². The van der Waals surface area contributed by atoms with E-state index in [1.807, 2.05) is 56.9 Å². The number of fused-ring (bicyclic) bond motifs is 1. The molecule has 1 aromatic heterocycles. The molecule has 0 spiro atoms.